The lowest BCUT2D eigenvalue weighted by Crippen LogP contribution is -2.26. The summed E-state index contributed by atoms with van der Waals surface area (Å²) in [4.78, 5) is 0. The molecule has 0 aliphatic heterocycles. The Kier molecular flexibility index (Phi) is 6.21. The number of nitrogens with two attached hydrogens (primary N) is 1. The Morgan fingerprint density at radius 1 is 1.14 bits per heavy atom. The standard InChI is InChI=1S/C18H30N2O/c1-3-6-14-9-11-15(12-10-14)20-16-7-5-8-17(18(16)19)21-13-4-2/h5,7-8,14-15,20H,3-4,6,9-13,19H2,1-2H3. The van der Waals surface area contributed by atoms with Crippen LogP contribution in [0.4, 0.5) is 11.4 Å². The Hall–Kier alpha value is -1.38. The molecular formula is C18H30N2O. The van der Waals surface area contributed by atoms with Crippen molar-refractivity contribution in [1.29, 1.82) is 0 Å². The second kappa shape index (κ2) is 8.16. The minimum atomic E-state index is 0.557. The molecule has 1 aliphatic carbocycles. The van der Waals surface area contributed by atoms with Crippen LogP contribution in [0, 0.1) is 5.92 Å². The van der Waals surface area contributed by atoms with E-state index in [0.29, 0.717) is 6.04 Å². The van der Waals surface area contributed by atoms with Gasteiger partial charge in [0.25, 0.3) is 0 Å². The van der Waals surface area contributed by atoms with E-state index in [0.717, 1.165) is 36.1 Å². The third-order valence-electron chi connectivity index (χ3n) is 4.43. The smallest absolute Gasteiger partial charge is 0.144 e. The lowest BCUT2D eigenvalue weighted by Gasteiger charge is -2.30. The van der Waals surface area contributed by atoms with Crippen LogP contribution in [0.2, 0.25) is 0 Å². The van der Waals surface area contributed by atoms with Gasteiger partial charge in [0.05, 0.1) is 18.0 Å². The van der Waals surface area contributed by atoms with Crippen molar-refractivity contribution in [2.75, 3.05) is 17.7 Å². The maximum absolute atomic E-state index is 6.23. The highest BCUT2D eigenvalue weighted by atomic mass is 16.5. The topological polar surface area (TPSA) is 47.3 Å². The predicted octanol–water partition coefficient (Wildman–Crippen LogP) is 4.83. The fraction of sp³-hybridized carbons (Fsp3) is 0.667. The van der Waals surface area contributed by atoms with Crippen molar-refractivity contribution >= 4 is 11.4 Å². The molecule has 1 fully saturated rings. The summed E-state index contributed by atoms with van der Waals surface area (Å²) < 4.78 is 5.70. The maximum Gasteiger partial charge on any atom is 0.144 e. The molecule has 118 valence electrons. The molecule has 2 rings (SSSR count). The predicted molar refractivity (Wildman–Crippen MR) is 90.9 cm³/mol. The number of anilines is 2. The molecule has 0 aromatic heterocycles. The minimum Gasteiger partial charge on any atom is -0.491 e. The van der Waals surface area contributed by atoms with E-state index in [1.54, 1.807) is 0 Å². The number of nitrogens with one attached hydrogen (secondary N) is 1. The number of ether oxygens (including phenoxy) is 1. The van der Waals surface area contributed by atoms with Crippen LogP contribution in [0.15, 0.2) is 18.2 Å². The van der Waals surface area contributed by atoms with E-state index in [2.05, 4.69) is 25.2 Å². The Morgan fingerprint density at radius 2 is 1.90 bits per heavy atom. The van der Waals surface area contributed by atoms with Gasteiger partial charge in [-0.15, -0.1) is 0 Å². The maximum atomic E-state index is 6.23. The van der Waals surface area contributed by atoms with Crippen molar-refractivity contribution in [3.63, 3.8) is 0 Å². The van der Waals surface area contributed by atoms with E-state index < -0.39 is 0 Å². The van der Waals surface area contributed by atoms with Crippen LogP contribution in [-0.2, 0) is 0 Å². The summed E-state index contributed by atoms with van der Waals surface area (Å²) in [5.41, 5.74) is 8.01. The summed E-state index contributed by atoms with van der Waals surface area (Å²) in [6.45, 7) is 5.11. The van der Waals surface area contributed by atoms with E-state index in [9.17, 15) is 0 Å². The molecule has 0 radical (unpaired) electrons. The Balaban J connectivity index is 1.91. The molecule has 1 aromatic rings. The first kappa shape index (κ1) is 16.0. The highest BCUT2D eigenvalue weighted by Crippen LogP contribution is 2.33. The number of rotatable bonds is 7. The van der Waals surface area contributed by atoms with Crippen LogP contribution in [0.5, 0.6) is 5.75 Å². The zero-order chi connectivity index (χ0) is 15.1. The Labute approximate surface area is 129 Å². The monoisotopic (exact) mass is 290 g/mol. The summed E-state index contributed by atoms with van der Waals surface area (Å²) in [6, 6.07) is 6.59. The molecule has 0 heterocycles. The Bertz CT molecular complexity index is 425. The van der Waals surface area contributed by atoms with Gasteiger partial charge >= 0.3 is 0 Å². The van der Waals surface area contributed by atoms with E-state index in [4.69, 9.17) is 10.5 Å². The first-order valence-electron chi connectivity index (χ1n) is 8.52. The van der Waals surface area contributed by atoms with E-state index in [1.807, 2.05) is 12.1 Å². The van der Waals surface area contributed by atoms with Crippen LogP contribution in [0.3, 0.4) is 0 Å². The van der Waals surface area contributed by atoms with Gasteiger partial charge in [-0.1, -0.05) is 32.8 Å². The molecule has 0 saturated heterocycles. The number of hydrogen-bond donors (Lipinski definition) is 2. The quantitative estimate of drug-likeness (QED) is 0.707. The third-order valence-corrected chi connectivity index (χ3v) is 4.43. The van der Waals surface area contributed by atoms with E-state index in [1.165, 1.54) is 38.5 Å². The fourth-order valence-electron chi connectivity index (χ4n) is 3.23. The number of benzene rings is 1. The molecule has 3 heteroatoms. The molecule has 3 nitrogen and oxygen atoms in total. The lowest BCUT2D eigenvalue weighted by atomic mass is 9.83. The van der Waals surface area contributed by atoms with Gasteiger partial charge < -0.3 is 15.8 Å². The van der Waals surface area contributed by atoms with Gasteiger partial charge in [0.2, 0.25) is 0 Å². The van der Waals surface area contributed by atoms with Crippen LogP contribution in [0.25, 0.3) is 0 Å². The molecular weight excluding hydrogens is 260 g/mol. The zero-order valence-electron chi connectivity index (χ0n) is 13.5. The van der Waals surface area contributed by atoms with Crippen LogP contribution in [-0.4, -0.2) is 12.6 Å². The number of hydrogen-bond acceptors (Lipinski definition) is 3. The van der Waals surface area contributed by atoms with Gasteiger partial charge in [-0.2, -0.15) is 0 Å². The number of para-hydroxylation sites is 1. The molecule has 1 saturated carbocycles. The SMILES string of the molecule is CCCOc1cccc(NC2CCC(CCC)CC2)c1N. The zero-order valence-corrected chi connectivity index (χ0v) is 13.5. The Morgan fingerprint density at radius 3 is 2.57 bits per heavy atom. The van der Waals surface area contributed by atoms with Crippen molar-refractivity contribution in [2.45, 2.75) is 64.8 Å². The summed E-state index contributed by atoms with van der Waals surface area (Å²) in [7, 11) is 0. The summed E-state index contributed by atoms with van der Waals surface area (Å²) in [5, 5.41) is 3.62. The van der Waals surface area contributed by atoms with Gasteiger partial charge in [-0.05, 0) is 50.2 Å². The molecule has 3 N–H and O–H groups in total. The molecule has 0 unspecified atom stereocenters. The average Bonchev–Trinajstić information content (AvgIpc) is 2.50. The highest BCUT2D eigenvalue weighted by molar-refractivity contribution is 5.73. The minimum absolute atomic E-state index is 0.557. The number of nitrogen functional groups attached to an aromatic ring is 1. The lowest BCUT2D eigenvalue weighted by molar-refractivity contribution is 0.317. The largest absolute Gasteiger partial charge is 0.491 e. The molecule has 1 aromatic carbocycles. The van der Waals surface area contributed by atoms with Crippen molar-refractivity contribution in [3.05, 3.63) is 18.2 Å². The summed E-state index contributed by atoms with van der Waals surface area (Å²) >= 11 is 0. The van der Waals surface area contributed by atoms with E-state index >= 15 is 0 Å². The van der Waals surface area contributed by atoms with Crippen LogP contribution >= 0.6 is 0 Å². The van der Waals surface area contributed by atoms with Gasteiger partial charge in [-0.3, -0.25) is 0 Å². The highest BCUT2D eigenvalue weighted by Gasteiger charge is 2.21. The van der Waals surface area contributed by atoms with Crippen LogP contribution in [0.1, 0.15) is 58.8 Å². The second-order valence-electron chi connectivity index (χ2n) is 6.22. The van der Waals surface area contributed by atoms with Gasteiger partial charge in [0.15, 0.2) is 0 Å². The first-order valence-corrected chi connectivity index (χ1v) is 8.52. The molecule has 0 bridgehead atoms. The average molecular weight is 290 g/mol. The normalized spacial score (nSPS) is 22.0. The fourth-order valence-corrected chi connectivity index (χ4v) is 3.23. The molecule has 0 atom stereocenters. The second-order valence-corrected chi connectivity index (χ2v) is 6.22. The van der Waals surface area contributed by atoms with E-state index in [-0.39, 0.29) is 0 Å². The van der Waals surface area contributed by atoms with Crippen LogP contribution < -0.4 is 15.8 Å². The van der Waals surface area contributed by atoms with Gasteiger partial charge in [0, 0.05) is 6.04 Å². The van der Waals surface area contributed by atoms with Gasteiger partial charge in [0.1, 0.15) is 5.75 Å². The molecule has 21 heavy (non-hydrogen) atoms. The summed E-state index contributed by atoms with van der Waals surface area (Å²) in [6.07, 6.45) is 8.89. The molecule has 0 spiro atoms. The first-order chi connectivity index (χ1) is 10.2. The van der Waals surface area contributed by atoms with Gasteiger partial charge in [-0.25, -0.2) is 0 Å². The van der Waals surface area contributed by atoms with Crippen molar-refractivity contribution in [2.24, 2.45) is 5.92 Å². The van der Waals surface area contributed by atoms with Crippen molar-refractivity contribution < 1.29 is 4.74 Å². The summed E-state index contributed by atoms with van der Waals surface area (Å²) in [5.74, 6) is 1.74. The van der Waals surface area contributed by atoms with Crippen molar-refractivity contribution in [3.8, 4) is 5.75 Å². The third kappa shape index (κ3) is 4.55. The molecule has 1 aliphatic rings. The molecule has 0 amide bonds. The van der Waals surface area contributed by atoms with Crippen molar-refractivity contribution in [1.82, 2.24) is 0 Å².